The van der Waals surface area contributed by atoms with E-state index >= 15 is 0 Å². The number of nitrogens with one attached hydrogen (secondary N) is 2. The normalized spacial score (nSPS) is 11.2. The van der Waals surface area contributed by atoms with Crippen LogP contribution in [0.4, 0.5) is 5.69 Å². The Bertz CT molecular complexity index is 715. The van der Waals surface area contributed by atoms with Crippen molar-refractivity contribution in [3.8, 4) is 6.19 Å². The van der Waals surface area contributed by atoms with E-state index in [1.807, 2.05) is 36.7 Å². The van der Waals surface area contributed by atoms with Gasteiger partial charge in [-0.2, -0.15) is 5.26 Å². The average Bonchev–Trinajstić information content (AvgIpc) is 2.89. The van der Waals surface area contributed by atoms with Crippen molar-refractivity contribution in [3.05, 3.63) is 29.1 Å². The third-order valence-corrected chi connectivity index (χ3v) is 4.23. The van der Waals surface area contributed by atoms with Crippen LogP contribution < -0.4 is 10.6 Å². The minimum Gasteiger partial charge on any atom is -0.354 e. The number of carbonyl (C=O) groups excluding carboxylic acids is 1. The first-order valence-corrected chi connectivity index (χ1v) is 7.75. The van der Waals surface area contributed by atoms with E-state index in [1.165, 1.54) is 23.1 Å². The van der Waals surface area contributed by atoms with Gasteiger partial charge in [-0.15, -0.1) is 11.3 Å². The van der Waals surface area contributed by atoms with Gasteiger partial charge in [0.2, 0.25) is 0 Å². The number of fused-ring (bicyclic) bond motifs is 1. The SMILES string of the molecule is CNC(=O)c1cc2cc(N=C(NC#N)SC)ccc2s1. The summed E-state index contributed by atoms with van der Waals surface area (Å²) in [6.07, 6.45) is 3.69. The molecule has 0 radical (unpaired) electrons. The van der Waals surface area contributed by atoms with Crippen molar-refractivity contribution in [2.75, 3.05) is 13.3 Å². The largest absolute Gasteiger partial charge is 0.354 e. The lowest BCUT2D eigenvalue weighted by Gasteiger charge is -1.99. The molecule has 0 atom stereocenters. The van der Waals surface area contributed by atoms with Crippen molar-refractivity contribution in [2.45, 2.75) is 0 Å². The highest BCUT2D eigenvalue weighted by Crippen LogP contribution is 2.29. The highest BCUT2D eigenvalue weighted by molar-refractivity contribution is 8.13. The summed E-state index contributed by atoms with van der Waals surface area (Å²) in [6, 6.07) is 7.53. The van der Waals surface area contributed by atoms with Crippen molar-refractivity contribution in [1.29, 1.82) is 5.26 Å². The summed E-state index contributed by atoms with van der Waals surface area (Å²) in [5, 5.41) is 15.2. The summed E-state index contributed by atoms with van der Waals surface area (Å²) in [6.45, 7) is 0. The first kappa shape index (κ1) is 14.4. The fourth-order valence-corrected chi connectivity index (χ4v) is 2.96. The van der Waals surface area contributed by atoms with Crippen LogP contribution in [0.3, 0.4) is 0 Å². The molecule has 7 heteroatoms. The molecule has 0 saturated heterocycles. The molecule has 1 aromatic carbocycles. The molecule has 2 rings (SSSR count). The predicted molar refractivity (Wildman–Crippen MR) is 84.6 cm³/mol. The van der Waals surface area contributed by atoms with Gasteiger partial charge in [-0.25, -0.2) is 4.99 Å². The van der Waals surface area contributed by atoms with E-state index in [4.69, 9.17) is 5.26 Å². The number of amidine groups is 1. The van der Waals surface area contributed by atoms with Crippen molar-refractivity contribution >= 4 is 49.9 Å². The van der Waals surface area contributed by atoms with Crippen LogP contribution in [0.5, 0.6) is 0 Å². The van der Waals surface area contributed by atoms with Crippen molar-refractivity contribution in [1.82, 2.24) is 10.6 Å². The van der Waals surface area contributed by atoms with Crippen LogP contribution >= 0.6 is 23.1 Å². The predicted octanol–water partition coefficient (Wildman–Crippen LogP) is 2.68. The standard InChI is InChI=1S/C13H12N4OS2/c1-15-12(18)11-6-8-5-9(3-4-10(8)20-11)17-13(19-2)16-7-14/h3-6H,1-2H3,(H,15,18)(H,16,17). The quantitative estimate of drug-likeness (QED) is 0.387. The number of rotatable bonds is 2. The molecule has 0 aliphatic heterocycles. The Kier molecular flexibility index (Phi) is 4.61. The maximum absolute atomic E-state index is 11.6. The van der Waals surface area contributed by atoms with E-state index in [0.29, 0.717) is 10.0 Å². The first-order valence-electron chi connectivity index (χ1n) is 5.71. The molecule has 1 heterocycles. The Morgan fingerprint density at radius 1 is 1.45 bits per heavy atom. The molecular weight excluding hydrogens is 292 g/mol. The number of hydrogen-bond acceptors (Lipinski definition) is 5. The van der Waals surface area contributed by atoms with Crippen molar-refractivity contribution < 1.29 is 4.79 Å². The third-order valence-electron chi connectivity index (χ3n) is 2.54. The summed E-state index contributed by atoms with van der Waals surface area (Å²) < 4.78 is 1.03. The van der Waals surface area contributed by atoms with Gasteiger partial charge in [-0.1, -0.05) is 11.8 Å². The second kappa shape index (κ2) is 6.41. The Hall–Kier alpha value is -2.04. The molecule has 2 aromatic rings. The molecule has 0 aliphatic rings. The molecule has 5 nitrogen and oxygen atoms in total. The number of aliphatic imine (C=N–C) groups is 1. The fourth-order valence-electron chi connectivity index (χ4n) is 1.63. The van der Waals surface area contributed by atoms with Gasteiger partial charge >= 0.3 is 0 Å². The number of hydrogen-bond donors (Lipinski definition) is 2. The van der Waals surface area contributed by atoms with Crippen LogP contribution in [-0.2, 0) is 0 Å². The molecular formula is C13H12N4OS2. The summed E-state index contributed by atoms with van der Waals surface area (Å²) in [5.41, 5.74) is 0.742. The fraction of sp³-hybridized carbons (Fsp3) is 0.154. The molecule has 0 saturated carbocycles. The number of carbonyl (C=O) groups is 1. The topological polar surface area (TPSA) is 77.3 Å². The number of benzene rings is 1. The van der Waals surface area contributed by atoms with Gasteiger partial charge in [0.1, 0.15) is 0 Å². The minimum atomic E-state index is -0.0906. The average molecular weight is 304 g/mol. The van der Waals surface area contributed by atoms with Gasteiger partial charge in [-0.05, 0) is 35.9 Å². The van der Waals surface area contributed by atoms with Crippen LogP contribution in [0.1, 0.15) is 9.67 Å². The maximum Gasteiger partial charge on any atom is 0.261 e. The van der Waals surface area contributed by atoms with Crippen LogP contribution in [0.2, 0.25) is 0 Å². The molecule has 0 bridgehead atoms. The lowest BCUT2D eigenvalue weighted by Crippen LogP contribution is -2.15. The van der Waals surface area contributed by atoms with Crippen molar-refractivity contribution in [3.63, 3.8) is 0 Å². The third kappa shape index (κ3) is 3.10. The minimum absolute atomic E-state index is 0.0906. The van der Waals surface area contributed by atoms with Gasteiger partial charge in [0.05, 0.1) is 10.6 Å². The van der Waals surface area contributed by atoms with E-state index in [-0.39, 0.29) is 5.91 Å². The van der Waals surface area contributed by atoms with E-state index in [1.54, 1.807) is 7.05 Å². The summed E-state index contributed by atoms with van der Waals surface area (Å²) in [7, 11) is 1.61. The van der Waals surface area contributed by atoms with Crippen molar-refractivity contribution in [2.24, 2.45) is 4.99 Å². The Labute approximate surface area is 124 Å². The van der Waals surface area contributed by atoms with E-state index in [2.05, 4.69) is 15.6 Å². The molecule has 0 unspecified atom stereocenters. The van der Waals surface area contributed by atoms with Crippen LogP contribution in [0.15, 0.2) is 29.3 Å². The zero-order chi connectivity index (χ0) is 14.5. The molecule has 0 aliphatic carbocycles. The number of thioether (sulfide) groups is 1. The summed E-state index contributed by atoms with van der Waals surface area (Å²) >= 11 is 2.80. The Balaban J connectivity index is 2.38. The highest BCUT2D eigenvalue weighted by Gasteiger charge is 2.08. The van der Waals surface area contributed by atoms with Crippen LogP contribution in [0.25, 0.3) is 10.1 Å². The highest BCUT2D eigenvalue weighted by atomic mass is 32.2. The molecule has 102 valence electrons. The van der Waals surface area contributed by atoms with Gasteiger partial charge < -0.3 is 5.32 Å². The van der Waals surface area contributed by atoms with Gasteiger partial charge in [-0.3, -0.25) is 10.1 Å². The molecule has 0 fully saturated rings. The molecule has 20 heavy (non-hydrogen) atoms. The molecule has 0 spiro atoms. The number of nitriles is 1. The van der Waals surface area contributed by atoms with E-state index < -0.39 is 0 Å². The zero-order valence-electron chi connectivity index (χ0n) is 10.9. The second-order valence-electron chi connectivity index (χ2n) is 3.77. The second-order valence-corrected chi connectivity index (χ2v) is 5.65. The number of thiophene rings is 1. The lowest BCUT2D eigenvalue weighted by atomic mass is 10.2. The number of nitrogens with zero attached hydrogens (tertiary/aromatic N) is 2. The van der Waals surface area contributed by atoms with E-state index in [9.17, 15) is 4.79 Å². The van der Waals surface area contributed by atoms with Gasteiger partial charge in [0.15, 0.2) is 11.4 Å². The number of amides is 1. The first-order chi connectivity index (χ1) is 9.67. The van der Waals surface area contributed by atoms with Gasteiger partial charge in [0, 0.05) is 11.7 Å². The van der Waals surface area contributed by atoms with Crippen LogP contribution in [-0.4, -0.2) is 24.4 Å². The smallest absolute Gasteiger partial charge is 0.261 e. The Morgan fingerprint density at radius 3 is 2.90 bits per heavy atom. The van der Waals surface area contributed by atoms with E-state index in [0.717, 1.165) is 15.8 Å². The van der Waals surface area contributed by atoms with Gasteiger partial charge in [0.25, 0.3) is 5.91 Å². The molecule has 1 amide bonds. The molecule has 2 N–H and O–H groups in total. The summed E-state index contributed by atoms with van der Waals surface area (Å²) in [4.78, 5) is 16.6. The zero-order valence-corrected chi connectivity index (χ0v) is 12.6. The molecule has 1 aromatic heterocycles. The monoisotopic (exact) mass is 304 g/mol. The summed E-state index contributed by atoms with van der Waals surface area (Å²) in [5.74, 6) is -0.0906. The lowest BCUT2D eigenvalue weighted by molar-refractivity contribution is 0.0967. The maximum atomic E-state index is 11.6. The Morgan fingerprint density at radius 2 is 2.25 bits per heavy atom. The van der Waals surface area contributed by atoms with Crippen LogP contribution in [0, 0.1) is 11.5 Å².